The van der Waals surface area contributed by atoms with Gasteiger partial charge in [-0.05, 0) is 81.6 Å². The van der Waals surface area contributed by atoms with Gasteiger partial charge in [0.25, 0.3) is 0 Å². The van der Waals surface area contributed by atoms with Crippen LogP contribution in [0.1, 0.15) is 36.8 Å². The van der Waals surface area contributed by atoms with Gasteiger partial charge in [-0.25, -0.2) is 4.79 Å². The molecule has 1 atom stereocenters. The van der Waals surface area contributed by atoms with Crippen LogP contribution in [0.25, 0.3) is 10.9 Å². The average molecular weight is 502 g/mol. The normalized spacial score (nSPS) is 16.2. The Labute approximate surface area is 216 Å². The maximum atomic E-state index is 12.1. The summed E-state index contributed by atoms with van der Waals surface area (Å²) in [6.07, 6.45) is 5.38. The van der Waals surface area contributed by atoms with Crippen LogP contribution in [-0.4, -0.2) is 59.4 Å². The van der Waals surface area contributed by atoms with Gasteiger partial charge in [0.2, 0.25) is 0 Å². The summed E-state index contributed by atoms with van der Waals surface area (Å²) in [6, 6.07) is 12.9. The molecular formula is C28H31N5O4. The lowest BCUT2D eigenvalue weighted by atomic mass is 10.1. The summed E-state index contributed by atoms with van der Waals surface area (Å²) in [5, 5.41) is 26.6. The van der Waals surface area contributed by atoms with Crippen molar-refractivity contribution in [3.63, 3.8) is 0 Å². The molecular weight excluding hydrogens is 470 g/mol. The monoisotopic (exact) mass is 501 g/mol. The van der Waals surface area contributed by atoms with Gasteiger partial charge < -0.3 is 30.1 Å². The van der Waals surface area contributed by atoms with Crippen molar-refractivity contribution in [3.8, 4) is 23.3 Å². The molecule has 9 nitrogen and oxygen atoms in total. The number of carbonyl (C=O) groups excluding carboxylic acids is 1. The standard InChI is InChI=1S/C28H31N5O4/c1-18-12-22(6-7-24(18)32-28(35)31-20-4-5-20)37-26-8-9-30-25-14-27(19(15-29)13-23(25)26)36-17-21(34)16-33-10-2-3-11-33/h6-9,12-14,20-21,34H,2-5,10-11,16-17H2,1H3,(H2,31,32,35). The molecule has 2 heterocycles. The molecule has 9 heteroatoms. The molecule has 1 saturated heterocycles. The zero-order chi connectivity index (χ0) is 25.8. The highest BCUT2D eigenvalue weighted by Crippen LogP contribution is 2.34. The first-order chi connectivity index (χ1) is 18.0. The molecule has 3 N–H and O–H groups in total. The third-order valence-electron chi connectivity index (χ3n) is 6.61. The quantitative estimate of drug-likeness (QED) is 0.399. The van der Waals surface area contributed by atoms with E-state index >= 15 is 0 Å². The van der Waals surface area contributed by atoms with Crippen molar-refractivity contribution in [2.45, 2.75) is 44.8 Å². The van der Waals surface area contributed by atoms with Gasteiger partial charge in [0.05, 0.1) is 11.1 Å². The van der Waals surface area contributed by atoms with Crippen molar-refractivity contribution < 1.29 is 19.4 Å². The minimum atomic E-state index is -0.636. The van der Waals surface area contributed by atoms with Crippen LogP contribution in [0.15, 0.2) is 42.6 Å². The van der Waals surface area contributed by atoms with E-state index in [0.29, 0.717) is 45.9 Å². The van der Waals surface area contributed by atoms with E-state index in [9.17, 15) is 15.2 Å². The Morgan fingerprint density at radius 2 is 2.03 bits per heavy atom. The van der Waals surface area contributed by atoms with Crippen molar-refractivity contribution in [2.24, 2.45) is 0 Å². The second-order valence-corrected chi connectivity index (χ2v) is 9.71. The zero-order valence-electron chi connectivity index (χ0n) is 20.9. The largest absolute Gasteiger partial charge is 0.489 e. The van der Waals surface area contributed by atoms with E-state index in [-0.39, 0.29) is 18.7 Å². The molecule has 1 unspecified atom stereocenters. The van der Waals surface area contributed by atoms with Crippen LogP contribution in [0.3, 0.4) is 0 Å². The molecule has 2 aliphatic rings. The number of aryl methyl sites for hydroxylation is 1. The van der Waals surface area contributed by atoms with Gasteiger partial charge in [-0.2, -0.15) is 5.26 Å². The number of carbonyl (C=O) groups is 1. The van der Waals surface area contributed by atoms with Crippen molar-refractivity contribution in [1.82, 2.24) is 15.2 Å². The van der Waals surface area contributed by atoms with Gasteiger partial charge in [-0.1, -0.05) is 0 Å². The molecule has 2 fully saturated rings. The molecule has 192 valence electrons. The van der Waals surface area contributed by atoms with Crippen LogP contribution in [0.2, 0.25) is 0 Å². The maximum absolute atomic E-state index is 12.1. The van der Waals surface area contributed by atoms with E-state index in [0.717, 1.165) is 44.3 Å². The number of benzene rings is 2. The molecule has 1 aliphatic carbocycles. The fourth-order valence-corrected chi connectivity index (χ4v) is 4.48. The first-order valence-corrected chi connectivity index (χ1v) is 12.7. The van der Waals surface area contributed by atoms with Gasteiger partial charge in [0, 0.05) is 35.9 Å². The maximum Gasteiger partial charge on any atom is 0.319 e. The predicted molar refractivity (Wildman–Crippen MR) is 140 cm³/mol. The number of likely N-dealkylation sites (tertiary alicyclic amines) is 1. The molecule has 1 aliphatic heterocycles. The van der Waals surface area contributed by atoms with E-state index in [2.05, 4.69) is 26.6 Å². The number of rotatable bonds is 9. The fraction of sp³-hybridized carbons (Fsp3) is 0.393. The number of ether oxygens (including phenoxy) is 2. The Hall–Kier alpha value is -3.87. The summed E-state index contributed by atoms with van der Waals surface area (Å²) in [4.78, 5) is 18.7. The number of urea groups is 1. The fourth-order valence-electron chi connectivity index (χ4n) is 4.48. The van der Waals surface area contributed by atoms with Crippen molar-refractivity contribution in [3.05, 3.63) is 53.7 Å². The second kappa shape index (κ2) is 11.0. The molecule has 5 rings (SSSR count). The molecule has 1 aromatic heterocycles. The number of amides is 2. The molecule has 37 heavy (non-hydrogen) atoms. The van der Waals surface area contributed by atoms with E-state index in [1.165, 1.54) is 0 Å². The summed E-state index contributed by atoms with van der Waals surface area (Å²) in [6.45, 7) is 4.56. The number of anilines is 1. The first kappa shape index (κ1) is 24.8. The lowest BCUT2D eigenvalue weighted by Crippen LogP contribution is -2.33. The highest BCUT2D eigenvalue weighted by Gasteiger charge is 2.23. The molecule has 2 aromatic carbocycles. The number of hydrogen-bond acceptors (Lipinski definition) is 7. The summed E-state index contributed by atoms with van der Waals surface area (Å²) >= 11 is 0. The highest BCUT2D eigenvalue weighted by molar-refractivity contribution is 5.91. The van der Waals surface area contributed by atoms with Gasteiger partial charge >= 0.3 is 6.03 Å². The predicted octanol–water partition coefficient (Wildman–Crippen LogP) is 4.33. The van der Waals surface area contributed by atoms with E-state index < -0.39 is 6.10 Å². The van der Waals surface area contributed by atoms with Gasteiger partial charge in [-0.15, -0.1) is 0 Å². The van der Waals surface area contributed by atoms with Crippen molar-refractivity contribution in [2.75, 3.05) is 31.6 Å². The van der Waals surface area contributed by atoms with Crippen LogP contribution in [-0.2, 0) is 0 Å². The number of pyridine rings is 1. The Morgan fingerprint density at radius 1 is 1.22 bits per heavy atom. The summed E-state index contributed by atoms with van der Waals surface area (Å²) in [5.74, 6) is 1.53. The first-order valence-electron chi connectivity index (χ1n) is 12.7. The minimum Gasteiger partial charge on any atom is -0.489 e. The summed E-state index contributed by atoms with van der Waals surface area (Å²) in [5.41, 5.74) is 2.54. The molecule has 0 radical (unpaired) electrons. The van der Waals surface area contributed by atoms with E-state index in [4.69, 9.17) is 9.47 Å². The van der Waals surface area contributed by atoms with Crippen LogP contribution in [0, 0.1) is 18.3 Å². The third kappa shape index (κ3) is 6.28. The second-order valence-electron chi connectivity index (χ2n) is 9.71. The van der Waals surface area contributed by atoms with Crippen LogP contribution in [0.5, 0.6) is 17.2 Å². The van der Waals surface area contributed by atoms with Crippen LogP contribution >= 0.6 is 0 Å². The number of aromatic nitrogens is 1. The van der Waals surface area contributed by atoms with Crippen LogP contribution < -0.4 is 20.1 Å². The number of aliphatic hydroxyl groups excluding tert-OH is 1. The summed E-state index contributed by atoms with van der Waals surface area (Å²) < 4.78 is 12.0. The lowest BCUT2D eigenvalue weighted by Gasteiger charge is -2.20. The molecule has 1 saturated carbocycles. The van der Waals surface area contributed by atoms with Gasteiger partial charge in [0.15, 0.2) is 0 Å². The Kier molecular flexibility index (Phi) is 7.40. The number of aliphatic hydroxyl groups is 1. The SMILES string of the molecule is Cc1cc(Oc2ccnc3cc(OCC(O)CN4CCCC4)c(C#N)cc23)ccc1NC(=O)NC1CC1. The van der Waals surface area contributed by atoms with Crippen LogP contribution in [0.4, 0.5) is 10.5 Å². The van der Waals surface area contributed by atoms with E-state index in [1.807, 2.05) is 13.0 Å². The third-order valence-corrected chi connectivity index (χ3v) is 6.61. The number of nitrogens with zero attached hydrogens (tertiary/aromatic N) is 3. The highest BCUT2D eigenvalue weighted by atomic mass is 16.5. The number of β-amino-alcohol motifs (C(OH)–C–C–N with tert-alkyl or cyclic N) is 1. The molecule has 3 aromatic rings. The van der Waals surface area contributed by atoms with Gasteiger partial charge in [0.1, 0.15) is 36.0 Å². The minimum absolute atomic E-state index is 0.102. The summed E-state index contributed by atoms with van der Waals surface area (Å²) in [7, 11) is 0. The number of nitriles is 1. The Bertz CT molecular complexity index is 1330. The number of nitrogens with one attached hydrogen (secondary N) is 2. The number of fused-ring (bicyclic) bond motifs is 1. The molecule has 0 bridgehead atoms. The average Bonchev–Trinajstić information content (AvgIpc) is 3.55. The van der Waals surface area contributed by atoms with Crippen molar-refractivity contribution >= 4 is 22.6 Å². The smallest absolute Gasteiger partial charge is 0.319 e. The molecule has 0 spiro atoms. The number of hydrogen-bond donors (Lipinski definition) is 3. The lowest BCUT2D eigenvalue weighted by molar-refractivity contribution is 0.0758. The molecule has 2 amide bonds. The Morgan fingerprint density at radius 3 is 2.76 bits per heavy atom. The van der Waals surface area contributed by atoms with E-state index in [1.54, 1.807) is 36.5 Å². The zero-order valence-corrected chi connectivity index (χ0v) is 20.9. The van der Waals surface area contributed by atoms with Crippen molar-refractivity contribution in [1.29, 1.82) is 5.26 Å². The van der Waals surface area contributed by atoms with Gasteiger partial charge in [-0.3, -0.25) is 4.98 Å². The Balaban J connectivity index is 1.29. The topological polar surface area (TPSA) is 120 Å².